The monoisotopic (exact) mass is 299 g/mol. The molecule has 3 nitrogen and oxygen atoms in total. The quantitative estimate of drug-likeness (QED) is 0.745. The first-order valence-corrected chi connectivity index (χ1v) is 9.16. The zero-order chi connectivity index (χ0) is 14.6. The molecule has 116 valence electrons. The first-order valence-electron chi connectivity index (χ1n) is 8.00. The largest absolute Gasteiger partial charge is 0.466 e. The molecule has 2 rings (SSSR count). The molecule has 0 aliphatic carbocycles. The van der Waals surface area contributed by atoms with Crippen LogP contribution >= 0.6 is 11.8 Å². The summed E-state index contributed by atoms with van der Waals surface area (Å²) in [6.45, 7) is 9.36. The maximum absolute atomic E-state index is 12.2. The Hall–Kier alpha value is -0.220. The van der Waals surface area contributed by atoms with Crippen molar-refractivity contribution in [1.29, 1.82) is 0 Å². The summed E-state index contributed by atoms with van der Waals surface area (Å²) in [6, 6.07) is 0. The van der Waals surface area contributed by atoms with E-state index in [-0.39, 0.29) is 16.9 Å². The van der Waals surface area contributed by atoms with Crippen LogP contribution in [0.15, 0.2) is 0 Å². The van der Waals surface area contributed by atoms with Crippen molar-refractivity contribution in [2.75, 3.05) is 31.2 Å². The standard InChI is InChI=1S/C16H29NO2S/c1-4-19-14(18)12-16(17-9-6-5-7-10-17)13-20-11-8-15(16,2)3/h4-13H2,1-3H3. The van der Waals surface area contributed by atoms with Gasteiger partial charge in [0, 0.05) is 11.3 Å². The summed E-state index contributed by atoms with van der Waals surface area (Å²) in [5.41, 5.74) is 0.172. The van der Waals surface area contributed by atoms with E-state index in [2.05, 4.69) is 18.7 Å². The van der Waals surface area contributed by atoms with E-state index in [1.54, 1.807) is 0 Å². The van der Waals surface area contributed by atoms with E-state index >= 15 is 0 Å². The van der Waals surface area contributed by atoms with E-state index in [0.29, 0.717) is 13.0 Å². The molecule has 0 amide bonds. The molecule has 2 aliphatic rings. The van der Waals surface area contributed by atoms with Gasteiger partial charge in [0.1, 0.15) is 0 Å². The summed E-state index contributed by atoms with van der Waals surface area (Å²) in [6.07, 6.45) is 5.62. The SMILES string of the molecule is CCOC(=O)CC1(N2CCCCC2)CSCCC1(C)C. The predicted octanol–water partition coefficient (Wildman–Crippen LogP) is 3.33. The van der Waals surface area contributed by atoms with Crippen LogP contribution in [0.1, 0.15) is 52.9 Å². The summed E-state index contributed by atoms with van der Waals surface area (Å²) in [5, 5.41) is 0. The molecular formula is C16H29NO2S. The minimum atomic E-state index is -0.0198. The van der Waals surface area contributed by atoms with Crippen molar-refractivity contribution in [2.45, 2.75) is 58.4 Å². The Bertz CT molecular complexity index is 339. The molecule has 0 aromatic carbocycles. The fourth-order valence-electron chi connectivity index (χ4n) is 3.69. The van der Waals surface area contributed by atoms with Crippen molar-refractivity contribution < 1.29 is 9.53 Å². The summed E-state index contributed by atoms with van der Waals surface area (Å²) in [5.74, 6) is 2.26. The molecule has 1 atom stereocenters. The molecule has 2 aliphatic heterocycles. The van der Waals surface area contributed by atoms with Crippen molar-refractivity contribution in [1.82, 2.24) is 4.90 Å². The van der Waals surface area contributed by atoms with Gasteiger partial charge in [-0.15, -0.1) is 0 Å². The van der Waals surface area contributed by atoms with Crippen LogP contribution in [0.5, 0.6) is 0 Å². The average molecular weight is 299 g/mol. The van der Waals surface area contributed by atoms with Gasteiger partial charge in [0.05, 0.1) is 13.0 Å². The molecule has 1 unspecified atom stereocenters. The number of thioether (sulfide) groups is 1. The Balaban J connectivity index is 2.23. The first-order chi connectivity index (χ1) is 9.52. The van der Waals surface area contributed by atoms with Gasteiger partial charge in [0.25, 0.3) is 0 Å². The molecule has 2 heterocycles. The number of ether oxygens (including phenoxy) is 1. The minimum Gasteiger partial charge on any atom is -0.466 e. The second-order valence-corrected chi connectivity index (χ2v) is 7.85. The van der Waals surface area contributed by atoms with Gasteiger partial charge in [-0.1, -0.05) is 20.3 Å². The lowest BCUT2D eigenvalue weighted by Gasteiger charge is -2.56. The minimum absolute atomic E-state index is 0.0113. The van der Waals surface area contributed by atoms with Crippen LogP contribution in [-0.2, 0) is 9.53 Å². The maximum atomic E-state index is 12.2. The summed E-state index contributed by atoms with van der Waals surface area (Å²) < 4.78 is 5.28. The lowest BCUT2D eigenvalue weighted by molar-refractivity contribution is -0.150. The Labute approximate surface area is 127 Å². The molecule has 4 heteroatoms. The van der Waals surface area contributed by atoms with Crippen molar-refractivity contribution in [3.8, 4) is 0 Å². The van der Waals surface area contributed by atoms with Crippen LogP contribution < -0.4 is 0 Å². The molecule has 20 heavy (non-hydrogen) atoms. The van der Waals surface area contributed by atoms with E-state index in [1.807, 2.05) is 18.7 Å². The summed E-state index contributed by atoms with van der Waals surface area (Å²) in [7, 11) is 0. The number of esters is 1. The number of likely N-dealkylation sites (tertiary alicyclic amines) is 1. The highest BCUT2D eigenvalue weighted by Crippen LogP contribution is 2.48. The predicted molar refractivity (Wildman–Crippen MR) is 85.1 cm³/mol. The lowest BCUT2D eigenvalue weighted by atomic mass is 9.67. The van der Waals surface area contributed by atoms with Crippen LogP contribution in [0.2, 0.25) is 0 Å². The zero-order valence-corrected chi connectivity index (χ0v) is 14.1. The summed E-state index contributed by atoms with van der Waals surface area (Å²) in [4.78, 5) is 14.8. The Morgan fingerprint density at radius 1 is 1.25 bits per heavy atom. The van der Waals surface area contributed by atoms with Gasteiger partial charge in [0.2, 0.25) is 0 Å². The molecule has 2 fully saturated rings. The van der Waals surface area contributed by atoms with E-state index in [9.17, 15) is 4.79 Å². The van der Waals surface area contributed by atoms with Gasteiger partial charge < -0.3 is 4.74 Å². The van der Waals surface area contributed by atoms with Crippen molar-refractivity contribution in [3.63, 3.8) is 0 Å². The van der Waals surface area contributed by atoms with Crippen molar-refractivity contribution in [2.24, 2.45) is 5.41 Å². The number of hydrogen-bond acceptors (Lipinski definition) is 4. The highest BCUT2D eigenvalue weighted by Gasteiger charge is 2.52. The van der Waals surface area contributed by atoms with Crippen LogP contribution in [0.3, 0.4) is 0 Å². The van der Waals surface area contributed by atoms with Gasteiger partial charge in [-0.2, -0.15) is 11.8 Å². The normalized spacial score (nSPS) is 30.9. The topological polar surface area (TPSA) is 29.5 Å². The maximum Gasteiger partial charge on any atom is 0.307 e. The Kier molecular flexibility index (Phi) is 5.41. The third kappa shape index (κ3) is 3.16. The molecule has 0 bridgehead atoms. The highest BCUT2D eigenvalue weighted by molar-refractivity contribution is 7.99. The summed E-state index contributed by atoms with van der Waals surface area (Å²) >= 11 is 2.01. The highest BCUT2D eigenvalue weighted by atomic mass is 32.2. The zero-order valence-electron chi connectivity index (χ0n) is 13.2. The smallest absolute Gasteiger partial charge is 0.307 e. The van der Waals surface area contributed by atoms with Crippen LogP contribution in [0, 0.1) is 5.41 Å². The molecular weight excluding hydrogens is 270 g/mol. The number of rotatable bonds is 4. The van der Waals surface area contributed by atoms with Gasteiger partial charge in [-0.05, 0) is 50.4 Å². The number of carbonyl (C=O) groups is 1. The van der Waals surface area contributed by atoms with Gasteiger partial charge >= 0.3 is 5.97 Å². The number of carbonyl (C=O) groups excluding carboxylic acids is 1. The lowest BCUT2D eigenvalue weighted by Crippen LogP contribution is -2.63. The average Bonchev–Trinajstić information content (AvgIpc) is 2.42. The second-order valence-electron chi connectivity index (χ2n) is 6.75. The third-order valence-corrected chi connectivity index (χ3v) is 6.35. The van der Waals surface area contributed by atoms with E-state index in [4.69, 9.17) is 4.74 Å². The van der Waals surface area contributed by atoms with Crippen LogP contribution in [-0.4, -0.2) is 47.6 Å². The molecule has 0 N–H and O–H groups in total. The number of nitrogens with zero attached hydrogens (tertiary/aromatic N) is 1. The molecule has 0 spiro atoms. The van der Waals surface area contributed by atoms with Crippen molar-refractivity contribution >= 4 is 17.7 Å². The first kappa shape index (κ1) is 16.2. The van der Waals surface area contributed by atoms with E-state index in [1.165, 1.54) is 31.4 Å². The van der Waals surface area contributed by atoms with Crippen molar-refractivity contribution in [3.05, 3.63) is 0 Å². The third-order valence-electron chi connectivity index (χ3n) is 5.18. The van der Waals surface area contributed by atoms with Crippen LogP contribution in [0.4, 0.5) is 0 Å². The Morgan fingerprint density at radius 3 is 2.55 bits per heavy atom. The second kappa shape index (κ2) is 6.69. The molecule has 0 radical (unpaired) electrons. The van der Waals surface area contributed by atoms with Gasteiger partial charge in [0.15, 0.2) is 0 Å². The molecule has 2 saturated heterocycles. The van der Waals surface area contributed by atoms with E-state index < -0.39 is 0 Å². The molecule has 0 aromatic heterocycles. The van der Waals surface area contributed by atoms with Gasteiger partial charge in [-0.25, -0.2) is 0 Å². The van der Waals surface area contributed by atoms with Gasteiger partial charge in [-0.3, -0.25) is 9.69 Å². The Morgan fingerprint density at radius 2 is 1.95 bits per heavy atom. The fraction of sp³-hybridized carbons (Fsp3) is 0.938. The molecule has 0 aromatic rings. The number of hydrogen-bond donors (Lipinski definition) is 0. The fourth-order valence-corrected chi connectivity index (χ4v) is 5.50. The van der Waals surface area contributed by atoms with E-state index in [0.717, 1.165) is 18.8 Å². The molecule has 0 saturated carbocycles. The van der Waals surface area contributed by atoms with Crippen LogP contribution in [0.25, 0.3) is 0 Å². The number of piperidine rings is 1.